The number of carbonyl (C=O) groups is 1. The van der Waals surface area contributed by atoms with Gasteiger partial charge in [0.1, 0.15) is 0 Å². The van der Waals surface area contributed by atoms with Crippen molar-refractivity contribution in [2.75, 3.05) is 13.2 Å². The summed E-state index contributed by atoms with van der Waals surface area (Å²) in [7, 11) is -3.74. The zero-order valence-electron chi connectivity index (χ0n) is 21.8. The molecule has 1 N–H and O–H groups in total. The van der Waals surface area contributed by atoms with Crippen molar-refractivity contribution >= 4 is 15.9 Å². The third-order valence-electron chi connectivity index (χ3n) is 6.13. The Kier molecular flexibility index (Phi) is 8.34. The van der Waals surface area contributed by atoms with Gasteiger partial charge in [0.2, 0.25) is 15.0 Å². The number of urea groups is 1. The van der Waals surface area contributed by atoms with Crippen molar-refractivity contribution in [3.63, 3.8) is 0 Å². The van der Waals surface area contributed by atoms with E-state index in [1.54, 1.807) is 27.8 Å². The lowest BCUT2D eigenvalue weighted by molar-refractivity contribution is 0.0775. The average Bonchev–Trinajstić information content (AvgIpc) is 3.49. The molecule has 2 heterocycles. The molecule has 0 saturated carbocycles. The standard InChI is InChI=1S/C28H36N4O4S/c1-28(2,3)30-26(33)31(20-25-15-10-16-36-25)19-24-17-29-27(32(24)18-22-11-6-4-7-12-22)37(34,35)21-23-13-8-5-9-14-23/h4-9,11-14,17,25H,10,15-16,18-21H2,1-3H3,(H,30,33). The molecule has 4 rings (SSSR count). The quantitative estimate of drug-likeness (QED) is 0.448. The molecule has 9 heteroatoms. The van der Waals surface area contributed by atoms with Gasteiger partial charge in [0.05, 0.1) is 36.8 Å². The molecule has 37 heavy (non-hydrogen) atoms. The molecule has 1 saturated heterocycles. The Morgan fingerprint density at radius 3 is 2.32 bits per heavy atom. The highest BCUT2D eigenvalue weighted by Gasteiger charge is 2.29. The molecule has 2 aromatic carbocycles. The van der Waals surface area contributed by atoms with Gasteiger partial charge in [-0.15, -0.1) is 0 Å². The molecule has 1 unspecified atom stereocenters. The molecule has 1 atom stereocenters. The number of amides is 2. The molecule has 0 aliphatic carbocycles. The summed E-state index contributed by atoms with van der Waals surface area (Å²) in [6.07, 6.45) is 3.39. The second-order valence-electron chi connectivity index (χ2n) is 10.5. The summed E-state index contributed by atoms with van der Waals surface area (Å²) >= 11 is 0. The van der Waals surface area contributed by atoms with Crippen LogP contribution in [0.3, 0.4) is 0 Å². The van der Waals surface area contributed by atoms with E-state index in [9.17, 15) is 13.2 Å². The summed E-state index contributed by atoms with van der Waals surface area (Å²) in [5.74, 6) is -0.150. The number of hydrogen-bond donors (Lipinski definition) is 1. The largest absolute Gasteiger partial charge is 0.376 e. The topological polar surface area (TPSA) is 93.5 Å². The second kappa shape index (κ2) is 11.5. The van der Waals surface area contributed by atoms with Crippen LogP contribution in [0.4, 0.5) is 4.79 Å². The Bertz CT molecular complexity index is 1280. The van der Waals surface area contributed by atoms with E-state index in [0.29, 0.717) is 31.0 Å². The summed E-state index contributed by atoms with van der Waals surface area (Å²) in [6, 6.07) is 18.5. The van der Waals surface area contributed by atoms with Crippen LogP contribution in [0, 0.1) is 0 Å². The van der Waals surface area contributed by atoms with Gasteiger partial charge in [0, 0.05) is 18.7 Å². The molecule has 0 bridgehead atoms. The third kappa shape index (κ3) is 7.42. The molecule has 1 aliphatic heterocycles. The maximum Gasteiger partial charge on any atom is 0.318 e. The number of benzene rings is 2. The first-order valence-corrected chi connectivity index (χ1v) is 14.3. The summed E-state index contributed by atoms with van der Waals surface area (Å²) < 4.78 is 34.6. The smallest absolute Gasteiger partial charge is 0.318 e. The number of imidazole rings is 1. The minimum Gasteiger partial charge on any atom is -0.376 e. The number of ether oxygens (including phenoxy) is 1. The van der Waals surface area contributed by atoms with Gasteiger partial charge in [-0.1, -0.05) is 60.7 Å². The maximum atomic E-state index is 13.5. The van der Waals surface area contributed by atoms with Crippen molar-refractivity contribution in [3.8, 4) is 0 Å². The van der Waals surface area contributed by atoms with E-state index in [4.69, 9.17) is 4.74 Å². The predicted molar refractivity (Wildman–Crippen MR) is 143 cm³/mol. The molecular formula is C28H36N4O4S. The van der Waals surface area contributed by atoms with Crippen LogP contribution in [-0.4, -0.2) is 53.7 Å². The number of nitrogens with one attached hydrogen (secondary N) is 1. The third-order valence-corrected chi connectivity index (χ3v) is 7.73. The Morgan fingerprint density at radius 1 is 1.08 bits per heavy atom. The molecule has 1 aromatic heterocycles. The number of aromatic nitrogens is 2. The fourth-order valence-corrected chi connectivity index (χ4v) is 5.90. The summed E-state index contributed by atoms with van der Waals surface area (Å²) in [5.41, 5.74) is 1.88. The Morgan fingerprint density at radius 2 is 1.73 bits per heavy atom. The van der Waals surface area contributed by atoms with Crippen molar-refractivity contribution in [1.29, 1.82) is 0 Å². The van der Waals surface area contributed by atoms with Crippen LogP contribution in [0.1, 0.15) is 50.4 Å². The summed E-state index contributed by atoms with van der Waals surface area (Å²) in [5, 5.41) is 3.04. The average molecular weight is 525 g/mol. The minimum atomic E-state index is -3.74. The van der Waals surface area contributed by atoms with Crippen LogP contribution in [-0.2, 0) is 33.4 Å². The molecule has 0 radical (unpaired) electrons. The summed E-state index contributed by atoms with van der Waals surface area (Å²) in [4.78, 5) is 19.4. The van der Waals surface area contributed by atoms with Crippen LogP contribution in [0.25, 0.3) is 0 Å². The molecule has 198 valence electrons. The molecule has 1 aliphatic rings. The first kappa shape index (κ1) is 26.9. The highest BCUT2D eigenvalue weighted by Crippen LogP contribution is 2.22. The fraction of sp³-hybridized carbons (Fsp3) is 0.429. The minimum absolute atomic E-state index is 0.00324. The van der Waals surface area contributed by atoms with Crippen LogP contribution in [0.2, 0.25) is 0 Å². The van der Waals surface area contributed by atoms with E-state index >= 15 is 0 Å². The van der Waals surface area contributed by atoms with Gasteiger partial charge < -0.3 is 19.5 Å². The van der Waals surface area contributed by atoms with Crippen molar-refractivity contribution < 1.29 is 17.9 Å². The number of sulfone groups is 1. The van der Waals surface area contributed by atoms with Gasteiger partial charge >= 0.3 is 6.03 Å². The lowest BCUT2D eigenvalue weighted by Gasteiger charge is -2.30. The second-order valence-corrected chi connectivity index (χ2v) is 12.4. The van der Waals surface area contributed by atoms with E-state index in [1.165, 1.54) is 0 Å². The first-order chi connectivity index (χ1) is 17.6. The number of nitrogens with zero attached hydrogens (tertiary/aromatic N) is 3. The predicted octanol–water partition coefficient (Wildman–Crippen LogP) is 4.39. The zero-order chi connectivity index (χ0) is 26.5. The highest BCUT2D eigenvalue weighted by molar-refractivity contribution is 7.90. The van der Waals surface area contributed by atoms with Crippen molar-refractivity contribution in [2.24, 2.45) is 0 Å². The van der Waals surface area contributed by atoms with Gasteiger partial charge in [-0.2, -0.15) is 0 Å². The van der Waals surface area contributed by atoms with Gasteiger partial charge in [-0.3, -0.25) is 0 Å². The van der Waals surface area contributed by atoms with Crippen molar-refractivity contribution in [3.05, 3.63) is 83.7 Å². The Labute approximate surface area is 219 Å². The maximum absolute atomic E-state index is 13.5. The van der Waals surface area contributed by atoms with Crippen LogP contribution in [0.5, 0.6) is 0 Å². The van der Waals surface area contributed by atoms with Crippen molar-refractivity contribution in [2.45, 2.75) is 69.3 Å². The van der Waals surface area contributed by atoms with Crippen LogP contribution in [0.15, 0.2) is 72.0 Å². The van der Waals surface area contributed by atoms with Gasteiger partial charge in [0.15, 0.2) is 0 Å². The number of hydrogen-bond acceptors (Lipinski definition) is 5. The van der Waals surface area contributed by atoms with E-state index in [2.05, 4.69) is 10.3 Å². The normalized spacial score (nSPS) is 16.0. The first-order valence-electron chi connectivity index (χ1n) is 12.6. The van der Waals surface area contributed by atoms with Crippen molar-refractivity contribution in [1.82, 2.24) is 19.8 Å². The molecule has 8 nitrogen and oxygen atoms in total. The SMILES string of the molecule is CC(C)(C)NC(=O)N(Cc1cnc(S(=O)(=O)Cc2ccccc2)n1Cc1ccccc1)CC1CCCO1. The Hall–Kier alpha value is -3.17. The fourth-order valence-electron chi connectivity index (χ4n) is 4.41. The molecular weight excluding hydrogens is 488 g/mol. The molecule has 0 spiro atoms. The van der Waals surface area contributed by atoms with E-state index in [-0.39, 0.29) is 29.6 Å². The van der Waals surface area contributed by atoms with Gasteiger partial charge in [-0.05, 0) is 44.7 Å². The Balaban J connectivity index is 1.68. The van der Waals surface area contributed by atoms with Gasteiger partial charge in [-0.25, -0.2) is 18.2 Å². The van der Waals surface area contributed by atoms with Gasteiger partial charge in [0.25, 0.3) is 0 Å². The monoisotopic (exact) mass is 524 g/mol. The number of carbonyl (C=O) groups excluding carboxylic acids is 1. The molecule has 2 amide bonds. The molecule has 3 aromatic rings. The zero-order valence-corrected chi connectivity index (χ0v) is 22.6. The van der Waals surface area contributed by atoms with Crippen LogP contribution < -0.4 is 5.32 Å². The lowest BCUT2D eigenvalue weighted by atomic mass is 10.1. The summed E-state index contributed by atoms with van der Waals surface area (Å²) in [6.45, 7) is 7.45. The number of rotatable bonds is 9. The van der Waals surface area contributed by atoms with E-state index in [1.807, 2.05) is 69.3 Å². The molecule has 1 fully saturated rings. The van der Waals surface area contributed by atoms with E-state index < -0.39 is 15.4 Å². The lowest BCUT2D eigenvalue weighted by Crippen LogP contribution is -2.50. The van der Waals surface area contributed by atoms with Crippen LogP contribution >= 0.6 is 0 Å². The highest BCUT2D eigenvalue weighted by atomic mass is 32.2. The van der Waals surface area contributed by atoms with E-state index in [0.717, 1.165) is 18.4 Å².